The van der Waals surface area contributed by atoms with E-state index >= 15 is 0 Å². The highest BCUT2D eigenvalue weighted by atomic mass is 15.1. The minimum Gasteiger partial charge on any atom is -0.317 e. The summed E-state index contributed by atoms with van der Waals surface area (Å²) in [4.78, 5) is 8.69. The van der Waals surface area contributed by atoms with E-state index in [1.807, 2.05) is 30.6 Å². The van der Waals surface area contributed by atoms with Crippen LogP contribution >= 0.6 is 0 Å². The van der Waals surface area contributed by atoms with Crippen LogP contribution in [0, 0.1) is 6.57 Å². The summed E-state index contributed by atoms with van der Waals surface area (Å²) < 4.78 is 4.69. The summed E-state index contributed by atoms with van der Waals surface area (Å²) in [6.07, 6.45) is 3.63. The highest BCUT2D eigenvalue weighted by Gasteiger charge is 2.24. The Morgan fingerprint density at radius 3 is 1.30 bits per heavy atom. The summed E-state index contributed by atoms with van der Waals surface area (Å²) in [5, 5.41) is 4.54. The topological polar surface area (TPSA) is 27.1 Å². The van der Waals surface area contributed by atoms with E-state index in [1.54, 1.807) is 0 Å². The zero-order chi connectivity index (χ0) is 42.6. The van der Waals surface area contributed by atoms with Crippen molar-refractivity contribution in [2.24, 2.45) is 0 Å². The molecule has 3 aromatic heterocycles. The number of fused-ring (bicyclic) bond motifs is 6. The molecule has 0 atom stereocenters. The molecule has 64 heavy (non-hydrogen) atoms. The molecule has 0 unspecified atom stereocenters. The first kappa shape index (κ1) is 37.0. The van der Waals surface area contributed by atoms with Crippen molar-refractivity contribution in [3.63, 3.8) is 0 Å². The summed E-state index contributed by atoms with van der Waals surface area (Å²) in [6, 6.07) is 77.7. The number of rotatable bonds is 7. The molecule has 0 aliphatic carbocycles. The SMILES string of the molecule is [C-]#[N+]c1cc(-c2ccncc2)cc(-n2c3ccccc3c3cc(-c4ccccc4-c4ccccc4)ccc32)c1-n1c2ccccc2c2cc(-c3ccccc3-c3ccccc3)ccc21. The molecule has 9 aromatic carbocycles. The highest BCUT2D eigenvalue weighted by Crippen LogP contribution is 2.46. The number of hydrogen-bond acceptors (Lipinski definition) is 1. The van der Waals surface area contributed by atoms with Crippen LogP contribution in [0.15, 0.2) is 231 Å². The number of nitrogens with zero attached hydrogens (tertiary/aromatic N) is 4. The van der Waals surface area contributed by atoms with Crippen LogP contribution in [-0.4, -0.2) is 14.1 Å². The molecule has 0 bridgehead atoms. The van der Waals surface area contributed by atoms with E-state index in [4.69, 9.17) is 6.57 Å². The lowest BCUT2D eigenvalue weighted by Gasteiger charge is -2.20. The monoisotopic (exact) mass is 814 g/mol. The maximum absolute atomic E-state index is 8.87. The van der Waals surface area contributed by atoms with Crippen molar-refractivity contribution < 1.29 is 0 Å². The molecular weight excluding hydrogens is 777 g/mol. The Balaban J connectivity index is 1.14. The van der Waals surface area contributed by atoms with E-state index < -0.39 is 0 Å². The van der Waals surface area contributed by atoms with Crippen LogP contribution in [-0.2, 0) is 0 Å². The van der Waals surface area contributed by atoms with Gasteiger partial charge < -0.3 is 9.13 Å². The lowest BCUT2D eigenvalue weighted by molar-refractivity contribution is 1.10. The number of para-hydroxylation sites is 2. The van der Waals surface area contributed by atoms with Gasteiger partial charge in [0.2, 0.25) is 5.69 Å². The van der Waals surface area contributed by atoms with E-state index in [0.29, 0.717) is 5.69 Å². The highest BCUT2D eigenvalue weighted by molar-refractivity contribution is 6.14. The molecule has 0 N–H and O–H groups in total. The van der Waals surface area contributed by atoms with Gasteiger partial charge in [0, 0.05) is 33.9 Å². The summed E-state index contributed by atoms with van der Waals surface area (Å²) >= 11 is 0. The minimum absolute atomic E-state index is 0.560. The Morgan fingerprint density at radius 1 is 0.328 bits per heavy atom. The van der Waals surface area contributed by atoms with E-state index in [2.05, 4.69) is 219 Å². The van der Waals surface area contributed by atoms with Crippen molar-refractivity contribution in [1.29, 1.82) is 0 Å². The van der Waals surface area contributed by atoms with E-state index in [1.165, 1.54) is 33.4 Å². The van der Waals surface area contributed by atoms with Crippen LogP contribution in [0.25, 0.3) is 115 Å². The average molecular weight is 815 g/mol. The Morgan fingerprint density at radius 2 is 0.766 bits per heavy atom. The average Bonchev–Trinajstić information content (AvgIpc) is 3.88. The lowest BCUT2D eigenvalue weighted by Crippen LogP contribution is -2.04. The smallest absolute Gasteiger partial charge is 0.213 e. The van der Waals surface area contributed by atoms with Gasteiger partial charge in [-0.3, -0.25) is 4.98 Å². The predicted molar refractivity (Wildman–Crippen MR) is 266 cm³/mol. The Labute approximate surface area is 371 Å². The molecule has 3 heterocycles. The van der Waals surface area contributed by atoms with Crippen LogP contribution in [0.3, 0.4) is 0 Å². The van der Waals surface area contributed by atoms with Crippen molar-refractivity contribution in [1.82, 2.24) is 14.1 Å². The largest absolute Gasteiger partial charge is 0.317 e. The quantitative estimate of drug-likeness (QED) is 0.147. The van der Waals surface area contributed by atoms with Gasteiger partial charge in [0.15, 0.2) is 0 Å². The molecule has 0 aliphatic rings. The van der Waals surface area contributed by atoms with Gasteiger partial charge in [-0.25, -0.2) is 4.85 Å². The fraction of sp³-hybridized carbons (Fsp3) is 0. The molecular formula is C60H38N4. The molecule has 12 rings (SSSR count). The van der Waals surface area contributed by atoms with E-state index in [9.17, 15) is 0 Å². The fourth-order valence-electron chi connectivity index (χ4n) is 9.79. The first-order valence-electron chi connectivity index (χ1n) is 21.6. The third-order valence-corrected chi connectivity index (χ3v) is 12.7. The van der Waals surface area contributed by atoms with Gasteiger partial charge in [0.05, 0.1) is 40.0 Å². The molecule has 0 saturated heterocycles. The molecule has 0 fully saturated rings. The first-order chi connectivity index (χ1) is 31.7. The summed E-state index contributed by atoms with van der Waals surface area (Å²) in [6.45, 7) is 8.87. The van der Waals surface area contributed by atoms with E-state index in [-0.39, 0.29) is 0 Å². The van der Waals surface area contributed by atoms with Crippen molar-refractivity contribution in [3.8, 4) is 67.0 Å². The van der Waals surface area contributed by atoms with Crippen LogP contribution in [0.1, 0.15) is 0 Å². The van der Waals surface area contributed by atoms with Gasteiger partial charge in [-0.1, -0.05) is 158 Å². The molecule has 4 nitrogen and oxygen atoms in total. The molecule has 12 aromatic rings. The molecule has 0 spiro atoms. The van der Waals surface area contributed by atoms with E-state index in [0.717, 1.165) is 77.2 Å². The number of aromatic nitrogens is 3. The second kappa shape index (κ2) is 15.3. The number of benzene rings is 9. The number of hydrogen-bond donors (Lipinski definition) is 0. The lowest BCUT2D eigenvalue weighted by atomic mass is 9.94. The zero-order valence-electron chi connectivity index (χ0n) is 34.7. The Bertz CT molecular complexity index is 3780. The predicted octanol–water partition coefficient (Wildman–Crippen LogP) is 16.2. The second-order valence-electron chi connectivity index (χ2n) is 16.2. The van der Waals surface area contributed by atoms with Crippen LogP contribution < -0.4 is 0 Å². The van der Waals surface area contributed by atoms with Gasteiger partial charge in [0.25, 0.3) is 0 Å². The molecule has 4 heteroatoms. The minimum atomic E-state index is 0.560. The molecule has 0 amide bonds. The fourth-order valence-corrected chi connectivity index (χ4v) is 9.79. The zero-order valence-corrected chi connectivity index (χ0v) is 34.7. The Kier molecular flexibility index (Phi) is 8.84. The maximum Gasteiger partial charge on any atom is 0.213 e. The molecule has 298 valence electrons. The summed E-state index contributed by atoms with van der Waals surface area (Å²) in [7, 11) is 0. The first-order valence-corrected chi connectivity index (χ1v) is 21.6. The maximum atomic E-state index is 8.87. The third-order valence-electron chi connectivity index (χ3n) is 12.7. The second-order valence-corrected chi connectivity index (χ2v) is 16.2. The van der Waals surface area contributed by atoms with Crippen molar-refractivity contribution in [2.75, 3.05) is 0 Å². The van der Waals surface area contributed by atoms with Crippen molar-refractivity contribution in [3.05, 3.63) is 242 Å². The third kappa shape index (κ3) is 6.02. The van der Waals surface area contributed by atoms with Crippen LogP contribution in [0.4, 0.5) is 5.69 Å². The molecule has 0 saturated carbocycles. The van der Waals surface area contributed by atoms with Crippen molar-refractivity contribution >= 4 is 49.3 Å². The van der Waals surface area contributed by atoms with Crippen molar-refractivity contribution in [2.45, 2.75) is 0 Å². The van der Waals surface area contributed by atoms with Gasteiger partial charge >= 0.3 is 0 Å². The van der Waals surface area contributed by atoms with Crippen LogP contribution in [0.2, 0.25) is 0 Å². The number of pyridine rings is 1. The van der Waals surface area contributed by atoms with Crippen LogP contribution in [0.5, 0.6) is 0 Å². The summed E-state index contributed by atoms with van der Waals surface area (Å²) in [5.41, 5.74) is 17.8. The van der Waals surface area contributed by atoms with Gasteiger partial charge in [-0.2, -0.15) is 0 Å². The normalized spacial score (nSPS) is 11.4. The standard InChI is InChI=1S/C60H38N4/c1-61-54-38-45(40-32-34-62-35-33-40)39-59(63-55-26-14-12-24-50(55)52-36-43(28-30-57(52)63)48-22-10-8-20-46(48)41-16-4-2-5-17-41)60(54)64-56-27-15-13-25-51(56)53-37-44(29-31-58(53)64)49-23-11-9-21-47(49)42-18-6-3-7-19-42/h2-39H. The van der Waals surface area contributed by atoms with Gasteiger partial charge in [-0.05, 0) is 116 Å². The molecule has 0 aliphatic heterocycles. The summed E-state index contributed by atoms with van der Waals surface area (Å²) in [5.74, 6) is 0. The van der Waals surface area contributed by atoms with Gasteiger partial charge in [-0.15, -0.1) is 0 Å². The van der Waals surface area contributed by atoms with Gasteiger partial charge in [0.1, 0.15) is 0 Å². The Hall–Kier alpha value is -8.78. The molecule has 0 radical (unpaired) electrons.